The molecule has 4 nitrogen and oxygen atoms in total. The van der Waals surface area contributed by atoms with Gasteiger partial charge in [0, 0.05) is 16.2 Å². The molecule has 0 bridgehead atoms. The van der Waals surface area contributed by atoms with E-state index in [1.54, 1.807) is 12.1 Å². The second kappa shape index (κ2) is 4.67. The lowest BCUT2D eigenvalue weighted by Gasteiger charge is -2.05. The predicted octanol–water partition coefficient (Wildman–Crippen LogP) is 2.87. The van der Waals surface area contributed by atoms with Gasteiger partial charge in [-0.25, -0.2) is 4.39 Å². The number of benzene rings is 1. The molecule has 0 atom stereocenters. The van der Waals surface area contributed by atoms with E-state index in [9.17, 15) is 9.18 Å². The molecular weight excluding hydrogens is 289 g/mol. The average molecular weight is 298 g/mol. The predicted molar refractivity (Wildman–Crippen MR) is 65.4 cm³/mol. The number of hydrogen-bond donors (Lipinski definition) is 2. The Hall–Kier alpha value is -1.69. The number of carbonyl (C=O) groups excluding carboxylic acids is 1. The molecule has 0 fully saturated rings. The molecule has 0 aliphatic rings. The Balaban J connectivity index is 2.26. The lowest BCUT2D eigenvalue weighted by Crippen LogP contribution is -2.14. The number of aromatic nitrogens is 2. The van der Waals surface area contributed by atoms with Gasteiger partial charge in [-0.2, -0.15) is 5.10 Å². The van der Waals surface area contributed by atoms with Gasteiger partial charge in [0.1, 0.15) is 5.82 Å². The molecule has 2 aromatic rings. The van der Waals surface area contributed by atoms with Gasteiger partial charge in [-0.1, -0.05) is 6.07 Å². The van der Waals surface area contributed by atoms with Gasteiger partial charge in [0.15, 0.2) is 5.82 Å². The van der Waals surface area contributed by atoms with Crippen molar-refractivity contribution >= 4 is 27.7 Å². The Bertz CT molecular complexity index is 547. The summed E-state index contributed by atoms with van der Waals surface area (Å²) in [5.74, 6) is -0.756. The Morgan fingerprint density at radius 2 is 2.29 bits per heavy atom. The molecule has 0 unspecified atom stereocenters. The summed E-state index contributed by atoms with van der Waals surface area (Å²) in [5.41, 5.74) is 0.779. The van der Waals surface area contributed by atoms with Gasteiger partial charge in [0.05, 0.1) is 5.56 Å². The van der Waals surface area contributed by atoms with Gasteiger partial charge < -0.3 is 5.32 Å². The van der Waals surface area contributed by atoms with Crippen molar-refractivity contribution in [2.24, 2.45) is 0 Å². The molecule has 1 heterocycles. The van der Waals surface area contributed by atoms with Crippen LogP contribution in [0.4, 0.5) is 10.2 Å². The maximum Gasteiger partial charge on any atom is 0.260 e. The van der Waals surface area contributed by atoms with E-state index in [1.165, 1.54) is 12.1 Å². The summed E-state index contributed by atoms with van der Waals surface area (Å²) in [6.07, 6.45) is 0. The highest BCUT2D eigenvalue weighted by Gasteiger charge is 2.16. The zero-order valence-corrected chi connectivity index (χ0v) is 10.5. The molecule has 1 amide bonds. The highest BCUT2D eigenvalue weighted by atomic mass is 79.9. The monoisotopic (exact) mass is 297 g/mol. The maximum absolute atomic E-state index is 13.5. The van der Waals surface area contributed by atoms with Crippen LogP contribution < -0.4 is 5.32 Å². The fraction of sp³-hybridized carbons (Fsp3) is 0.0909. The summed E-state index contributed by atoms with van der Waals surface area (Å²) < 4.78 is 13.9. The van der Waals surface area contributed by atoms with Gasteiger partial charge in [-0.05, 0) is 35.0 Å². The normalized spacial score (nSPS) is 10.3. The van der Waals surface area contributed by atoms with Crippen molar-refractivity contribution < 1.29 is 9.18 Å². The van der Waals surface area contributed by atoms with Crippen LogP contribution in [-0.4, -0.2) is 16.1 Å². The first kappa shape index (κ1) is 11.8. The first-order chi connectivity index (χ1) is 8.08. The molecule has 6 heteroatoms. The summed E-state index contributed by atoms with van der Waals surface area (Å²) in [7, 11) is 0. The highest BCUT2D eigenvalue weighted by molar-refractivity contribution is 9.10. The van der Waals surface area contributed by atoms with Gasteiger partial charge in [-0.3, -0.25) is 9.89 Å². The van der Waals surface area contributed by atoms with Gasteiger partial charge in [0.25, 0.3) is 5.91 Å². The zero-order valence-electron chi connectivity index (χ0n) is 8.92. The Kier molecular flexibility index (Phi) is 3.23. The quantitative estimate of drug-likeness (QED) is 0.895. The van der Waals surface area contributed by atoms with Crippen molar-refractivity contribution in [1.29, 1.82) is 0 Å². The molecule has 2 rings (SSSR count). The molecule has 0 spiro atoms. The molecule has 2 N–H and O–H groups in total. The van der Waals surface area contributed by atoms with E-state index in [-0.39, 0.29) is 5.56 Å². The van der Waals surface area contributed by atoms with Crippen LogP contribution in [0.5, 0.6) is 0 Å². The van der Waals surface area contributed by atoms with Crippen molar-refractivity contribution in [3.05, 3.63) is 45.8 Å². The van der Waals surface area contributed by atoms with E-state index >= 15 is 0 Å². The zero-order chi connectivity index (χ0) is 12.4. The summed E-state index contributed by atoms with van der Waals surface area (Å²) in [4.78, 5) is 11.8. The van der Waals surface area contributed by atoms with E-state index in [0.717, 1.165) is 5.69 Å². The first-order valence-electron chi connectivity index (χ1n) is 4.85. The van der Waals surface area contributed by atoms with Crippen LogP contribution in [0.2, 0.25) is 0 Å². The van der Waals surface area contributed by atoms with Crippen molar-refractivity contribution in [2.45, 2.75) is 6.92 Å². The van der Waals surface area contributed by atoms with E-state index < -0.39 is 11.7 Å². The molecule has 0 aliphatic carbocycles. The molecule has 88 valence electrons. The molecular formula is C11H9BrFN3O. The van der Waals surface area contributed by atoms with Crippen LogP contribution in [0.3, 0.4) is 0 Å². The fourth-order valence-electron chi connectivity index (χ4n) is 1.38. The third kappa shape index (κ3) is 2.52. The van der Waals surface area contributed by atoms with Crippen LogP contribution >= 0.6 is 15.9 Å². The topological polar surface area (TPSA) is 57.8 Å². The Morgan fingerprint density at radius 3 is 2.88 bits per heavy atom. The van der Waals surface area contributed by atoms with Crippen molar-refractivity contribution in [3.8, 4) is 0 Å². The number of rotatable bonds is 2. The summed E-state index contributed by atoms with van der Waals surface area (Å²) >= 11 is 3.14. The number of nitrogens with zero attached hydrogens (tertiary/aromatic N) is 1. The molecule has 0 radical (unpaired) electrons. The number of hydrogen-bond acceptors (Lipinski definition) is 2. The summed E-state index contributed by atoms with van der Waals surface area (Å²) in [5, 5.41) is 9.04. The maximum atomic E-state index is 13.5. The van der Waals surface area contributed by atoms with Gasteiger partial charge >= 0.3 is 0 Å². The van der Waals surface area contributed by atoms with E-state index in [1.807, 2.05) is 6.92 Å². The third-order valence-corrected chi connectivity index (χ3v) is 2.80. The second-order valence-corrected chi connectivity index (χ2v) is 4.34. The fourth-order valence-corrected chi connectivity index (χ4v) is 1.90. The van der Waals surface area contributed by atoms with Crippen LogP contribution in [0, 0.1) is 12.7 Å². The highest BCUT2D eigenvalue weighted by Crippen LogP contribution is 2.20. The smallest absolute Gasteiger partial charge is 0.260 e. The lowest BCUT2D eigenvalue weighted by molar-refractivity contribution is 0.102. The number of aryl methyl sites for hydroxylation is 1. The van der Waals surface area contributed by atoms with Crippen LogP contribution in [-0.2, 0) is 0 Å². The summed E-state index contributed by atoms with van der Waals surface area (Å²) in [6, 6.07) is 6.02. The minimum Gasteiger partial charge on any atom is -0.305 e. The van der Waals surface area contributed by atoms with Crippen molar-refractivity contribution in [1.82, 2.24) is 10.2 Å². The number of nitrogens with one attached hydrogen (secondary N) is 2. The van der Waals surface area contributed by atoms with E-state index in [0.29, 0.717) is 10.3 Å². The molecule has 0 saturated heterocycles. The number of carbonyl (C=O) groups is 1. The molecule has 17 heavy (non-hydrogen) atoms. The number of anilines is 1. The molecule has 0 saturated carbocycles. The number of H-pyrrole nitrogens is 1. The standard InChI is InChI=1S/C11H9BrFN3O/c1-6-5-9(16-15-6)14-11(17)10-7(12)3-2-4-8(10)13/h2-5H,1H3,(H2,14,15,16,17). The minimum atomic E-state index is -0.580. The second-order valence-electron chi connectivity index (χ2n) is 3.49. The average Bonchev–Trinajstić information content (AvgIpc) is 2.63. The van der Waals surface area contributed by atoms with Crippen molar-refractivity contribution in [3.63, 3.8) is 0 Å². The molecule has 1 aromatic heterocycles. The number of halogens is 2. The van der Waals surface area contributed by atoms with Crippen molar-refractivity contribution in [2.75, 3.05) is 5.32 Å². The Morgan fingerprint density at radius 1 is 1.53 bits per heavy atom. The minimum absolute atomic E-state index is 0.0341. The lowest BCUT2D eigenvalue weighted by atomic mass is 10.2. The van der Waals surface area contributed by atoms with Gasteiger partial charge in [-0.15, -0.1) is 0 Å². The number of amides is 1. The molecule has 0 aliphatic heterocycles. The summed E-state index contributed by atoms with van der Waals surface area (Å²) in [6.45, 7) is 1.81. The Labute approximate surface area is 105 Å². The van der Waals surface area contributed by atoms with Gasteiger partial charge in [0.2, 0.25) is 0 Å². The first-order valence-corrected chi connectivity index (χ1v) is 5.64. The third-order valence-electron chi connectivity index (χ3n) is 2.14. The number of aromatic amines is 1. The van der Waals surface area contributed by atoms with Crippen LogP contribution in [0.25, 0.3) is 0 Å². The van der Waals surface area contributed by atoms with Crippen LogP contribution in [0.1, 0.15) is 16.1 Å². The van der Waals surface area contributed by atoms with Crippen LogP contribution in [0.15, 0.2) is 28.7 Å². The van der Waals surface area contributed by atoms with E-state index in [4.69, 9.17) is 0 Å². The van der Waals surface area contributed by atoms with E-state index in [2.05, 4.69) is 31.4 Å². The largest absolute Gasteiger partial charge is 0.305 e. The molecule has 1 aromatic carbocycles. The SMILES string of the molecule is Cc1cc(NC(=O)c2c(F)cccc2Br)n[nH]1.